The molecule has 0 saturated carbocycles. The van der Waals surface area contributed by atoms with E-state index in [2.05, 4.69) is 20.8 Å². The van der Waals surface area contributed by atoms with Crippen molar-refractivity contribution < 1.29 is 13.5 Å². The van der Waals surface area contributed by atoms with Gasteiger partial charge in [0.05, 0.1) is 12.7 Å². The van der Waals surface area contributed by atoms with Crippen LogP contribution in [0.3, 0.4) is 0 Å². The Balaban J connectivity index is 1.83. The first-order valence-electron chi connectivity index (χ1n) is 6.53. The van der Waals surface area contributed by atoms with Gasteiger partial charge in [-0.3, -0.25) is 4.90 Å². The van der Waals surface area contributed by atoms with E-state index in [9.17, 15) is 8.78 Å². The number of piperidine rings is 1. The molecular weight excluding hydrogens is 316 g/mol. The van der Waals surface area contributed by atoms with Gasteiger partial charge in [-0.25, -0.2) is 8.78 Å². The number of benzene rings is 1. The van der Waals surface area contributed by atoms with E-state index in [-0.39, 0.29) is 11.6 Å². The van der Waals surface area contributed by atoms with Crippen LogP contribution in [-0.4, -0.2) is 36.0 Å². The highest BCUT2D eigenvalue weighted by atomic mass is 79.9. The second kappa shape index (κ2) is 7.31. The van der Waals surface area contributed by atoms with Crippen LogP contribution in [0.4, 0.5) is 8.78 Å². The van der Waals surface area contributed by atoms with Crippen LogP contribution >= 0.6 is 15.9 Å². The van der Waals surface area contributed by atoms with Gasteiger partial charge in [0.2, 0.25) is 0 Å². The maximum atomic E-state index is 13.5. The Bertz CT molecular complexity index is 408. The predicted molar refractivity (Wildman–Crippen MR) is 74.4 cm³/mol. The smallest absolute Gasteiger partial charge is 0.127 e. The van der Waals surface area contributed by atoms with E-state index in [4.69, 9.17) is 4.74 Å². The van der Waals surface area contributed by atoms with E-state index in [0.717, 1.165) is 43.9 Å². The van der Waals surface area contributed by atoms with Gasteiger partial charge in [-0.1, -0.05) is 15.9 Å². The summed E-state index contributed by atoms with van der Waals surface area (Å²) < 4.78 is 32.3. The Morgan fingerprint density at radius 2 is 2.00 bits per heavy atom. The second-order valence-electron chi connectivity index (χ2n) is 4.77. The third kappa shape index (κ3) is 4.51. The SMILES string of the molecule is Fc1ccc(F)c(CN2CCC(OCCBr)CC2)c1. The molecule has 19 heavy (non-hydrogen) atoms. The zero-order chi connectivity index (χ0) is 13.7. The summed E-state index contributed by atoms with van der Waals surface area (Å²) in [6, 6.07) is 3.62. The molecule has 1 aliphatic rings. The highest BCUT2D eigenvalue weighted by Gasteiger charge is 2.20. The molecule has 1 aromatic carbocycles. The summed E-state index contributed by atoms with van der Waals surface area (Å²) in [5.74, 6) is -0.717. The van der Waals surface area contributed by atoms with Gasteiger partial charge in [0.15, 0.2) is 0 Å². The minimum Gasteiger partial charge on any atom is -0.377 e. The van der Waals surface area contributed by atoms with E-state index in [0.29, 0.717) is 18.2 Å². The van der Waals surface area contributed by atoms with Crippen LogP contribution in [-0.2, 0) is 11.3 Å². The van der Waals surface area contributed by atoms with Crippen LogP contribution in [0.2, 0.25) is 0 Å². The van der Waals surface area contributed by atoms with Gasteiger partial charge >= 0.3 is 0 Å². The van der Waals surface area contributed by atoms with Crippen molar-refractivity contribution in [2.75, 3.05) is 25.0 Å². The quantitative estimate of drug-likeness (QED) is 0.766. The van der Waals surface area contributed by atoms with Gasteiger partial charge in [-0.05, 0) is 31.0 Å². The summed E-state index contributed by atoms with van der Waals surface area (Å²) in [6.07, 6.45) is 2.19. The molecule has 1 aliphatic heterocycles. The molecule has 1 heterocycles. The predicted octanol–water partition coefficient (Wildman–Crippen LogP) is 3.34. The monoisotopic (exact) mass is 333 g/mol. The molecule has 106 valence electrons. The summed E-state index contributed by atoms with van der Waals surface area (Å²) in [5, 5.41) is 0.849. The maximum Gasteiger partial charge on any atom is 0.127 e. The average Bonchev–Trinajstić information content (AvgIpc) is 2.42. The van der Waals surface area contributed by atoms with E-state index < -0.39 is 0 Å². The van der Waals surface area contributed by atoms with E-state index in [1.807, 2.05) is 0 Å². The molecule has 0 aromatic heterocycles. The molecule has 1 saturated heterocycles. The first kappa shape index (κ1) is 14.9. The summed E-state index contributed by atoms with van der Waals surface area (Å²) in [5.41, 5.74) is 0.430. The van der Waals surface area contributed by atoms with Crippen molar-refractivity contribution in [3.8, 4) is 0 Å². The van der Waals surface area contributed by atoms with Crippen LogP contribution in [0.5, 0.6) is 0 Å². The molecule has 0 amide bonds. The zero-order valence-electron chi connectivity index (χ0n) is 10.7. The van der Waals surface area contributed by atoms with Crippen molar-refractivity contribution in [3.05, 3.63) is 35.4 Å². The van der Waals surface area contributed by atoms with Crippen molar-refractivity contribution in [2.45, 2.75) is 25.5 Å². The van der Waals surface area contributed by atoms with Crippen molar-refractivity contribution in [1.82, 2.24) is 4.90 Å². The topological polar surface area (TPSA) is 12.5 Å². The zero-order valence-corrected chi connectivity index (χ0v) is 12.3. The van der Waals surface area contributed by atoms with Gasteiger partial charge in [-0.15, -0.1) is 0 Å². The van der Waals surface area contributed by atoms with Gasteiger partial charge in [0, 0.05) is 30.5 Å². The lowest BCUT2D eigenvalue weighted by Gasteiger charge is -2.31. The Hall–Kier alpha value is -0.520. The number of halogens is 3. The number of likely N-dealkylation sites (tertiary alicyclic amines) is 1. The molecular formula is C14H18BrF2NO. The normalized spacial score (nSPS) is 17.8. The summed E-state index contributed by atoms with van der Waals surface area (Å²) in [6.45, 7) is 2.92. The average molecular weight is 334 g/mol. The molecule has 0 N–H and O–H groups in total. The van der Waals surface area contributed by atoms with Gasteiger partial charge in [0.1, 0.15) is 11.6 Å². The largest absolute Gasteiger partial charge is 0.377 e. The Labute approximate surface area is 120 Å². The van der Waals surface area contributed by atoms with Gasteiger partial charge in [0.25, 0.3) is 0 Å². The van der Waals surface area contributed by atoms with Crippen molar-refractivity contribution in [3.63, 3.8) is 0 Å². The maximum absolute atomic E-state index is 13.5. The fraction of sp³-hybridized carbons (Fsp3) is 0.571. The third-order valence-corrected chi connectivity index (χ3v) is 3.69. The molecule has 0 aliphatic carbocycles. The Kier molecular flexibility index (Phi) is 5.73. The van der Waals surface area contributed by atoms with Crippen LogP contribution in [0, 0.1) is 11.6 Å². The standard InChI is InChI=1S/C14H18BrF2NO/c15-5-8-19-13-3-6-18(7-4-13)10-11-9-12(16)1-2-14(11)17/h1-2,9,13H,3-8,10H2. The molecule has 5 heteroatoms. The highest BCUT2D eigenvalue weighted by molar-refractivity contribution is 9.09. The lowest BCUT2D eigenvalue weighted by atomic mass is 10.1. The van der Waals surface area contributed by atoms with Gasteiger partial charge in [-0.2, -0.15) is 0 Å². The molecule has 0 bridgehead atoms. The van der Waals surface area contributed by atoms with E-state index in [1.54, 1.807) is 0 Å². The molecule has 2 nitrogen and oxygen atoms in total. The number of ether oxygens (including phenoxy) is 1. The number of alkyl halides is 1. The highest BCUT2D eigenvalue weighted by Crippen LogP contribution is 2.18. The Morgan fingerprint density at radius 1 is 1.26 bits per heavy atom. The molecule has 0 radical (unpaired) electrons. The Morgan fingerprint density at radius 3 is 2.68 bits per heavy atom. The minimum atomic E-state index is -0.382. The molecule has 1 aromatic rings. The summed E-state index contributed by atoms with van der Waals surface area (Å²) in [7, 11) is 0. The molecule has 1 fully saturated rings. The van der Waals surface area contributed by atoms with Gasteiger partial charge < -0.3 is 4.74 Å². The van der Waals surface area contributed by atoms with Crippen LogP contribution in [0.25, 0.3) is 0 Å². The minimum absolute atomic E-state index is 0.297. The summed E-state index contributed by atoms with van der Waals surface area (Å²) in [4.78, 5) is 2.14. The fourth-order valence-electron chi connectivity index (χ4n) is 2.35. The first-order valence-corrected chi connectivity index (χ1v) is 7.65. The van der Waals surface area contributed by atoms with Crippen LogP contribution in [0.1, 0.15) is 18.4 Å². The molecule has 0 atom stereocenters. The second-order valence-corrected chi connectivity index (χ2v) is 5.56. The molecule has 2 rings (SSSR count). The molecule has 0 unspecified atom stereocenters. The fourth-order valence-corrected chi connectivity index (χ4v) is 2.54. The van der Waals surface area contributed by atoms with Crippen molar-refractivity contribution >= 4 is 15.9 Å². The van der Waals surface area contributed by atoms with Crippen molar-refractivity contribution in [1.29, 1.82) is 0 Å². The lowest BCUT2D eigenvalue weighted by Crippen LogP contribution is -2.37. The van der Waals surface area contributed by atoms with E-state index >= 15 is 0 Å². The number of nitrogens with zero attached hydrogens (tertiary/aromatic N) is 1. The molecule has 0 spiro atoms. The first-order chi connectivity index (χ1) is 9.19. The number of hydrogen-bond acceptors (Lipinski definition) is 2. The van der Waals surface area contributed by atoms with Crippen LogP contribution < -0.4 is 0 Å². The number of hydrogen-bond donors (Lipinski definition) is 0. The summed E-state index contributed by atoms with van der Waals surface area (Å²) >= 11 is 3.33. The van der Waals surface area contributed by atoms with E-state index in [1.165, 1.54) is 12.1 Å². The lowest BCUT2D eigenvalue weighted by molar-refractivity contribution is 0.0139. The third-order valence-electron chi connectivity index (χ3n) is 3.37. The van der Waals surface area contributed by atoms with Crippen LogP contribution in [0.15, 0.2) is 18.2 Å². The van der Waals surface area contributed by atoms with Crippen molar-refractivity contribution in [2.24, 2.45) is 0 Å². The number of rotatable bonds is 5.